The van der Waals surface area contributed by atoms with E-state index in [1.54, 1.807) is 12.1 Å². The first-order chi connectivity index (χ1) is 12.3. The SMILES string of the molecule is CN(CC(=O)Nc1ccc(Cl)c(Cl)c1)C(=O)COC(=O)CC1CCCC1. The van der Waals surface area contributed by atoms with Gasteiger partial charge in [0.05, 0.1) is 16.6 Å². The highest BCUT2D eigenvalue weighted by atomic mass is 35.5. The number of likely N-dealkylation sites (N-methyl/N-ethyl adjacent to an activating group) is 1. The third kappa shape index (κ3) is 6.50. The van der Waals surface area contributed by atoms with Crippen LogP contribution in [-0.4, -0.2) is 42.9 Å². The molecule has 1 aromatic rings. The van der Waals surface area contributed by atoms with Crippen molar-refractivity contribution >= 4 is 46.7 Å². The normalized spacial score (nSPS) is 14.1. The average Bonchev–Trinajstić information content (AvgIpc) is 3.08. The Morgan fingerprint density at radius 1 is 1.19 bits per heavy atom. The van der Waals surface area contributed by atoms with Crippen molar-refractivity contribution in [3.05, 3.63) is 28.2 Å². The van der Waals surface area contributed by atoms with E-state index in [1.807, 2.05) is 0 Å². The van der Waals surface area contributed by atoms with Crippen molar-refractivity contribution in [2.45, 2.75) is 32.1 Å². The zero-order valence-electron chi connectivity index (χ0n) is 14.6. The summed E-state index contributed by atoms with van der Waals surface area (Å²) in [6.07, 6.45) is 4.73. The van der Waals surface area contributed by atoms with Gasteiger partial charge < -0.3 is 15.0 Å². The summed E-state index contributed by atoms with van der Waals surface area (Å²) >= 11 is 11.7. The molecule has 2 rings (SSSR count). The number of rotatable bonds is 7. The van der Waals surface area contributed by atoms with Gasteiger partial charge >= 0.3 is 5.97 Å². The van der Waals surface area contributed by atoms with E-state index in [1.165, 1.54) is 18.0 Å². The van der Waals surface area contributed by atoms with Gasteiger partial charge in [-0.1, -0.05) is 36.0 Å². The van der Waals surface area contributed by atoms with Crippen LogP contribution in [0.1, 0.15) is 32.1 Å². The van der Waals surface area contributed by atoms with Crippen LogP contribution in [0.15, 0.2) is 18.2 Å². The van der Waals surface area contributed by atoms with Crippen molar-refractivity contribution in [3.8, 4) is 0 Å². The molecule has 0 saturated heterocycles. The summed E-state index contributed by atoms with van der Waals surface area (Å²) < 4.78 is 5.02. The molecule has 1 saturated carbocycles. The number of esters is 1. The summed E-state index contributed by atoms with van der Waals surface area (Å²) in [4.78, 5) is 37.0. The minimum absolute atomic E-state index is 0.167. The molecule has 1 N–H and O–H groups in total. The van der Waals surface area contributed by atoms with E-state index >= 15 is 0 Å². The molecule has 1 fully saturated rings. The molecular formula is C18H22Cl2N2O4. The number of halogens is 2. The van der Waals surface area contributed by atoms with Gasteiger partial charge in [-0.25, -0.2) is 0 Å². The lowest BCUT2D eigenvalue weighted by Crippen LogP contribution is -2.37. The molecule has 0 unspecified atom stereocenters. The van der Waals surface area contributed by atoms with Gasteiger partial charge in [0.25, 0.3) is 5.91 Å². The topological polar surface area (TPSA) is 75.7 Å². The largest absolute Gasteiger partial charge is 0.456 e. The van der Waals surface area contributed by atoms with Gasteiger partial charge in [-0.15, -0.1) is 0 Å². The third-order valence-corrected chi connectivity index (χ3v) is 5.04. The Bertz CT molecular complexity index is 675. The molecule has 0 spiro atoms. The van der Waals surface area contributed by atoms with Crippen LogP contribution in [0.25, 0.3) is 0 Å². The van der Waals surface area contributed by atoms with E-state index < -0.39 is 11.8 Å². The highest BCUT2D eigenvalue weighted by Crippen LogP contribution is 2.27. The van der Waals surface area contributed by atoms with Crippen LogP contribution in [0.2, 0.25) is 10.0 Å². The summed E-state index contributed by atoms with van der Waals surface area (Å²) in [5, 5.41) is 3.33. The molecule has 0 heterocycles. The number of hydrogen-bond donors (Lipinski definition) is 1. The molecule has 0 bridgehead atoms. The van der Waals surface area contributed by atoms with Crippen molar-refractivity contribution in [1.82, 2.24) is 4.90 Å². The molecule has 26 heavy (non-hydrogen) atoms. The molecule has 6 nitrogen and oxygen atoms in total. The summed E-state index contributed by atoms with van der Waals surface area (Å²) in [7, 11) is 1.47. The molecule has 0 radical (unpaired) electrons. The summed E-state index contributed by atoms with van der Waals surface area (Å²) in [6.45, 7) is -0.526. The second-order valence-corrected chi connectivity index (χ2v) is 7.26. The first-order valence-electron chi connectivity index (χ1n) is 8.49. The fraction of sp³-hybridized carbons (Fsp3) is 0.500. The minimum atomic E-state index is -0.436. The van der Waals surface area contributed by atoms with Crippen LogP contribution in [0, 0.1) is 5.92 Å². The van der Waals surface area contributed by atoms with E-state index in [0.29, 0.717) is 28.1 Å². The Kier molecular flexibility index (Phi) is 7.72. The van der Waals surface area contributed by atoms with E-state index in [-0.39, 0.29) is 19.1 Å². The lowest BCUT2D eigenvalue weighted by Gasteiger charge is -2.17. The fourth-order valence-corrected chi connectivity index (χ4v) is 3.14. The second-order valence-electron chi connectivity index (χ2n) is 6.44. The Balaban J connectivity index is 1.72. The maximum atomic E-state index is 12.0. The maximum absolute atomic E-state index is 12.0. The molecule has 142 valence electrons. The zero-order chi connectivity index (χ0) is 19.1. The first kappa shape index (κ1) is 20.5. The second kappa shape index (κ2) is 9.78. The van der Waals surface area contributed by atoms with Crippen molar-refractivity contribution in [2.75, 3.05) is 25.5 Å². The third-order valence-electron chi connectivity index (χ3n) is 4.30. The van der Waals surface area contributed by atoms with Crippen molar-refractivity contribution < 1.29 is 19.1 Å². The predicted molar refractivity (Wildman–Crippen MR) is 100 cm³/mol. The van der Waals surface area contributed by atoms with Crippen LogP contribution in [-0.2, 0) is 19.1 Å². The van der Waals surface area contributed by atoms with Crippen LogP contribution < -0.4 is 5.32 Å². The molecule has 2 amide bonds. The average molecular weight is 401 g/mol. The van der Waals surface area contributed by atoms with Gasteiger partial charge in [0, 0.05) is 19.2 Å². The zero-order valence-corrected chi connectivity index (χ0v) is 16.1. The van der Waals surface area contributed by atoms with Crippen LogP contribution in [0.4, 0.5) is 5.69 Å². The number of nitrogens with one attached hydrogen (secondary N) is 1. The quantitative estimate of drug-likeness (QED) is 0.710. The van der Waals surface area contributed by atoms with E-state index in [0.717, 1.165) is 25.7 Å². The van der Waals surface area contributed by atoms with Crippen LogP contribution >= 0.6 is 23.2 Å². The number of ether oxygens (including phenoxy) is 1. The number of hydrogen-bond acceptors (Lipinski definition) is 4. The highest BCUT2D eigenvalue weighted by Gasteiger charge is 2.21. The molecule has 8 heteroatoms. The number of carbonyl (C=O) groups is 3. The van der Waals surface area contributed by atoms with E-state index in [4.69, 9.17) is 27.9 Å². The number of anilines is 1. The van der Waals surface area contributed by atoms with Crippen LogP contribution in [0.5, 0.6) is 0 Å². The van der Waals surface area contributed by atoms with E-state index in [2.05, 4.69) is 5.32 Å². The highest BCUT2D eigenvalue weighted by molar-refractivity contribution is 6.42. The van der Waals surface area contributed by atoms with Gasteiger partial charge in [-0.3, -0.25) is 14.4 Å². The van der Waals surface area contributed by atoms with Crippen molar-refractivity contribution in [1.29, 1.82) is 0 Å². The smallest absolute Gasteiger partial charge is 0.306 e. The van der Waals surface area contributed by atoms with Gasteiger partial charge in [0.2, 0.25) is 5.91 Å². The van der Waals surface area contributed by atoms with Crippen molar-refractivity contribution in [3.63, 3.8) is 0 Å². The van der Waals surface area contributed by atoms with E-state index in [9.17, 15) is 14.4 Å². The Hall–Kier alpha value is -1.79. The molecule has 0 atom stereocenters. The Labute approximate surface area is 162 Å². The van der Waals surface area contributed by atoms with Gasteiger partial charge in [-0.05, 0) is 37.0 Å². The molecule has 1 aromatic carbocycles. The molecular weight excluding hydrogens is 379 g/mol. The summed E-state index contributed by atoms with van der Waals surface area (Å²) in [5.74, 6) is -0.822. The Morgan fingerprint density at radius 3 is 2.54 bits per heavy atom. The molecule has 1 aliphatic rings. The number of amides is 2. The van der Waals surface area contributed by atoms with Gasteiger partial charge in [0.15, 0.2) is 6.61 Å². The summed E-state index contributed by atoms with van der Waals surface area (Å²) in [5.41, 5.74) is 0.480. The molecule has 1 aliphatic carbocycles. The maximum Gasteiger partial charge on any atom is 0.306 e. The summed E-state index contributed by atoms with van der Waals surface area (Å²) in [6, 6.07) is 4.70. The van der Waals surface area contributed by atoms with Gasteiger partial charge in [0.1, 0.15) is 0 Å². The molecule has 0 aromatic heterocycles. The lowest BCUT2D eigenvalue weighted by molar-refractivity contribution is -0.152. The number of nitrogens with zero attached hydrogens (tertiary/aromatic N) is 1. The fourth-order valence-electron chi connectivity index (χ4n) is 2.84. The predicted octanol–water partition coefficient (Wildman–Crippen LogP) is 3.51. The van der Waals surface area contributed by atoms with Gasteiger partial charge in [-0.2, -0.15) is 0 Å². The molecule has 0 aliphatic heterocycles. The minimum Gasteiger partial charge on any atom is -0.456 e. The Morgan fingerprint density at radius 2 is 1.88 bits per heavy atom. The van der Waals surface area contributed by atoms with Crippen LogP contribution in [0.3, 0.4) is 0 Å². The standard InChI is InChI=1S/C18H22Cl2N2O4/c1-22(10-16(23)21-13-6-7-14(19)15(20)9-13)17(24)11-26-18(25)8-12-4-2-3-5-12/h6-7,9,12H,2-5,8,10-11H2,1H3,(H,21,23). The monoisotopic (exact) mass is 400 g/mol. The number of benzene rings is 1. The first-order valence-corrected chi connectivity index (χ1v) is 9.25. The van der Waals surface area contributed by atoms with Crippen molar-refractivity contribution in [2.24, 2.45) is 5.92 Å². The lowest BCUT2D eigenvalue weighted by atomic mass is 10.1. The number of carbonyl (C=O) groups excluding carboxylic acids is 3.